The summed E-state index contributed by atoms with van der Waals surface area (Å²) in [6, 6.07) is -5.53. The van der Waals surface area contributed by atoms with Gasteiger partial charge in [-0.05, 0) is 25.9 Å². The SMILES string of the molecule is NCCCNC[C@H]1O[C@H](O[C@H]2[C@H](O[C@@H]3O[C@H](CO)[C@@H](O[C@H]4O[C@@H](CN)[C@@H](O)[C@H](O)[C@H]4N)[C@H]3O)[C@@H](O)[C@H](NC(=O)C(O)C(F)(F)CN)C[C@@H]2N)[C@H](N)[C@@H](O)[C@@H]1O. The van der Waals surface area contributed by atoms with Crippen molar-refractivity contribution in [1.82, 2.24) is 10.6 Å². The molecule has 0 aromatic heterocycles. The Kier molecular flexibility index (Phi) is 16.8. The number of aliphatic hydroxyl groups is 8. The van der Waals surface area contributed by atoms with Gasteiger partial charge in [-0.1, -0.05) is 0 Å². The summed E-state index contributed by atoms with van der Waals surface area (Å²) in [4.78, 5) is 12.7. The van der Waals surface area contributed by atoms with Gasteiger partial charge in [-0.15, -0.1) is 0 Å². The molecule has 23 nitrogen and oxygen atoms in total. The first-order valence-electron chi connectivity index (χ1n) is 18.0. The first-order valence-corrected chi connectivity index (χ1v) is 18.0. The van der Waals surface area contributed by atoms with E-state index < -0.39 is 147 Å². The van der Waals surface area contributed by atoms with Gasteiger partial charge in [-0.2, -0.15) is 0 Å². The Morgan fingerprint density at radius 1 is 0.764 bits per heavy atom. The summed E-state index contributed by atoms with van der Waals surface area (Å²) in [6.07, 6.45) is -25.7. The van der Waals surface area contributed by atoms with Crippen LogP contribution >= 0.6 is 0 Å². The minimum atomic E-state index is -4.04. The van der Waals surface area contributed by atoms with Gasteiger partial charge in [0.05, 0.1) is 31.3 Å². The molecule has 0 spiro atoms. The first kappa shape index (κ1) is 46.2. The average Bonchev–Trinajstić information content (AvgIpc) is 3.46. The van der Waals surface area contributed by atoms with Crippen molar-refractivity contribution >= 4 is 5.91 Å². The minimum absolute atomic E-state index is 0.0242. The predicted molar refractivity (Wildman–Crippen MR) is 180 cm³/mol. The number of hydrogen-bond donors (Lipinski definition) is 16. The molecule has 55 heavy (non-hydrogen) atoms. The van der Waals surface area contributed by atoms with Crippen LogP contribution in [0.5, 0.6) is 0 Å². The lowest BCUT2D eigenvalue weighted by Crippen LogP contribution is -2.69. The fraction of sp³-hybridized carbons (Fsp3) is 0.967. The molecule has 1 aliphatic carbocycles. The lowest BCUT2D eigenvalue weighted by atomic mass is 9.83. The summed E-state index contributed by atoms with van der Waals surface area (Å²) in [5, 5.41) is 90.2. The Morgan fingerprint density at radius 2 is 1.31 bits per heavy atom. The van der Waals surface area contributed by atoms with Crippen molar-refractivity contribution < 1.29 is 82.8 Å². The van der Waals surface area contributed by atoms with Gasteiger partial charge < -0.3 is 114 Å². The van der Waals surface area contributed by atoms with Crippen molar-refractivity contribution in [3.05, 3.63) is 0 Å². The highest BCUT2D eigenvalue weighted by Crippen LogP contribution is 2.35. The molecule has 322 valence electrons. The fourth-order valence-electron chi connectivity index (χ4n) is 6.86. The topological polar surface area (TPSA) is 414 Å². The zero-order chi connectivity index (χ0) is 40.9. The second-order valence-corrected chi connectivity index (χ2v) is 14.2. The number of alkyl halides is 2. The van der Waals surface area contributed by atoms with Crippen LogP contribution in [-0.2, 0) is 33.2 Å². The third-order valence-corrected chi connectivity index (χ3v) is 10.2. The normalized spacial score (nSPS) is 44.7. The maximum Gasteiger partial charge on any atom is 0.294 e. The standard InChI is InChI=1S/C30H58F2N8O15/c31-30(32,8-35)25(48)26(49)40-10-4-9(36)22(53-28-15(38)20(46)18(44)12(51-28)6-39-3-1-2-33)24(16(10)42)55-29-21(47)23(13(7-41)52-29)54-27-14(37)19(45)17(43)11(5-34)50-27/h9-25,27-29,39,41-48H,1-8,33-38H2,(H,40,49)/t9-,10+,11-,12+,13+,14+,15+,16-,17+,18+,19+,20+,21+,22+,23+,24+,25?,27+,28+,29-/m0/s1. The maximum atomic E-state index is 14.1. The number of amides is 1. The third kappa shape index (κ3) is 10.4. The molecular weight excluding hydrogens is 750 g/mol. The van der Waals surface area contributed by atoms with Gasteiger partial charge in [-0.25, -0.2) is 8.78 Å². The van der Waals surface area contributed by atoms with Crippen LogP contribution in [0.15, 0.2) is 0 Å². The minimum Gasteiger partial charge on any atom is -0.394 e. The van der Waals surface area contributed by atoms with Crippen LogP contribution in [-0.4, -0.2) is 214 Å². The van der Waals surface area contributed by atoms with Crippen LogP contribution in [0.25, 0.3) is 0 Å². The zero-order valence-electron chi connectivity index (χ0n) is 29.9. The van der Waals surface area contributed by atoms with E-state index in [9.17, 15) is 54.4 Å². The highest BCUT2D eigenvalue weighted by molar-refractivity contribution is 5.82. The summed E-state index contributed by atoms with van der Waals surface area (Å²) in [6.45, 7) is -1.57. The largest absolute Gasteiger partial charge is 0.394 e. The van der Waals surface area contributed by atoms with E-state index in [1.54, 1.807) is 0 Å². The molecule has 1 amide bonds. The van der Waals surface area contributed by atoms with E-state index in [1.807, 2.05) is 0 Å². The maximum absolute atomic E-state index is 14.1. The summed E-state index contributed by atoms with van der Waals surface area (Å²) >= 11 is 0. The monoisotopic (exact) mass is 808 g/mol. The highest BCUT2D eigenvalue weighted by Gasteiger charge is 2.55. The van der Waals surface area contributed by atoms with E-state index in [1.165, 1.54) is 0 Å². The number of rotatable bonds is 17. The molecule has 0 radical (unpaired) electrons. The van der Waals surface area contributed by atoms with Crippen molar-refractivity contribution in [2.45, 2.75) is 141 Å². The van der Waals surface area contributed by atoms with E-state index in [0.717, 1.165) is 0 Å². The Bertz CT molecular complexity index is 1210. The Labute approximate surface area is 314 Å². The van der Waals surface area contributed by atoms with E-state index >= 15 is 0 Å². The first-order chi connectivity index (χ1) is 25.9. The van der Waals surface area contributed by atoms with E-state index in [-0.39, 0.29) is 19.5 Å². The van der Waals surface area contributed by atoms with Gasteiger partial charge in [-0.3, -0.25) is 4.79 Å². The van der Waals surface area contributed by atoms with Gasteiger partial charge in [0, 0.05) is 19.1 Å². The molecule has 4 rings (SSSR count). The molecule has 0 aromatic carbocycles. The number of ether oxygens (including phenoxy) is 6. The molecule has 1 unspecified atom stereocenters. The lowest BCUT2D eigenvalue weighted by molar-refractivity contribution is -0.308. The van der Waals surface area contributed by atoms with Crippen molar-refractivity contribution in [2.75, 3.05) is 39.3 Å². The quantitative estimate of drug-likeness (QED) is 0.0607. The predicted octanol–water partition coefficient (Wildman–Crippen LogP) is -9.80. The van der Waals surface area contributed by atoms with Crippen molar-refractivity contribution in [1.29, 1.82) is 0 Å². The number of carbonyl (C=O) groups is 1. The number of nitrogens with two attached hydrogens (primary N) is 6. The second-order valence-electron chi connectivity index (χ2n) is 14.2. The summed E-state index contributed by atoms with van der Waals surface area (Å²) < 4.78 is 63.3. The lowest BCUT2D eigenvalue weighted by Gasteiger charge is -2.48. The number of nitrogens with one attached hydrogen (secondary N) is 2. The van der Waals surface area contributed by atoms with Gasteiger partial charge in [0.1, 0.15) is 73.2 Å². The Balaban J connectivity index is 1.59. The summed E-state index contributed by atoms with van der Waals surface area (Å²) in [7, 11) is 0. The van der Waals surface area contributed by atoms with Crippen LogP contribution in [0.4, 0.5) is 8.78 Å². The van der Waals surface area contributed by atoms with Crippen LogP contribution in [0, 0.1) is 0 Å². The van der Waals surface area contributed by atoms with Gasteiger partial charge in [0.2, 0.25) is 0 Å². The van der Waals surface area contributed by atoms with E-state index in [2.05, 4.69) is 10.6 Å². The number of hydrogen-bond acceptors (Lipinski definition) is 22. The van der Waals surface area contributed by atoms with Crippen molar-refractivity contribution in [3.63, 3.8) is 0 Å². The van der Waals surface area contributed by atoms with E-state index in [4.69, 9.17) is 62.8 Å². The van der Waals surface area contributed by atoms with Crippen LogP contribution < -0.4 is 45.0 Å². The number of halogens is 2. The third-order valence-electron chi connectivity index (χ3n) is 10.2. The molecule has 25 heteroatoms. The number of aliphatic hydroxyl groups excluding tert-OH is 8. The molecule has 22 N–H and O–H groups in total. The van der Waals surface area contributed by atoms with Gasteiger partial charge in [0.25, 0.3) is 11.8 Å². The second kappa shape index (κ2) is 20.0. The van der Waals surface area contributed by atoms with Crippen LogP contribution in [0.1, 0.15) is 12.8 Å². The van der Waals surface area contributed by atoms with Gasteiger partial charge >= 0.3 is 0 Å². The molecule has 20 atom stereocenters. The molecular formula is C30H58F2N8O15. The molecule has 4 fully saturated rings. The molecule has 3 saturated heterocycles. The van der Waals surface area contributed by atoms with Gasteiger partial charge in [0.15, 0.2) is 25.0 Å². The molecule has 4 aliphatic rings. The fourth-order valence-corrected chi connectivity index (χ4v) is 6.86. The molecule has 1 saturated carbocycles. The average molecular weight is 809 g/mol. The molecule has 3 heterocycles. The molecule has 0 aromatic rings. The molecule has 3 aliphatic heterocycles. The van der Waals surface area contributed by atoms with Crippen LogP contribution in [0.2, 0.25) is 0 Å². The Hall–Kier alpha value is -1.51. The van der Waals surface area contributed by atoms with Crippen molar-refractivity contribution in [2.24, 2.45) is 34.4 Å². The van der Waals surface area contributed by atoms with Crippen molar-refractivity contribution in [3.8, 4) is 0 Å². The Morgan fingerprint density at radius 3 is 1.87 bits per heavy atom. The molecule has 0 bridgehead atoms. The van der Waals surface area contributed by atoms with E-state index in [0.29, 0.717) is 19.5 Å². The smallest absolute Gasteiger partial charge is 0.294 e. The summed E-state index contributed by atoms with van der Waals surface area (Å²) in [5.74, 6) is -5.65. The number of carbonyl (C=O) groups excluding carboxylic acids is 1. The van der Waals surface area contributed by atoms with Crippen LogP contribution in [0.3, 0.4) is 0 Å². The summed E-state index contributed by atoms with van der Waals surface area (Å²) in [5.41, 5.74) is 34.8. The highest BCUT2D eigenvalue weighted by atomic mass is 19.3. The zero-order valence-corrected chi connectivity index (χ0v) is 29.9.